The third kappa shape index (κ3) is 4.12. The lowest BCUT2D eigenvalue weighted by Gasteiger charge is -2.31. The van der Waals surface area contributed by atoms with Gasteiger partial charge in [0.2, 0.25) is 0 Å². The molecule has 1 heterocycles. The fourth-order valence-electron chi connectivity index (χ4n) is 5.25. The van der Waals surface area contributed by atoms with Gasteiger partial charge in [0.15, 0.2) is 0 Å². The fraction of sp³-hybridized carbons (Fsp3) is 0.258. The quantitative estimate of drug-likeness (QED) is 0.240. The Kier molecular flexibility index (Phi) is 5.75. The third-order valence-electron chi connectivity index (χ3n) is 6.54. The lowest BCUT2D eigenvalue weighted by Crippen LogP contribution is -2.32. The molecule has 0 saturated heterocycles. The first kappa shape index (κ1) is 22.4. The number of ether oxygens (including phenoxy) is 1. The SMILES string of the molecule is C=CCN1Cc2ccc3ccccc3c2-c2c(ccc3ccccc23)[C@@H]1CC(=O)OC(C)(C)C. The highest BCUT2D eigenvalue weighted by atomic mass is 16.6. The van der Waals surface area contributed by atoms with E-state index in [2.05, 4.69) is 84.3 Å². The first-order valence-electron chi connectivity index (χ1n) is 11.9. The molecule has 0 bridgehead atoms. The molecule has 5 rings (SSSR count). The Morgan fingerprint density at radius 1 is 0.941 bits per heavy atom. The Morgan fingerprint density at radius 2 is 1.56 bits per heavy atom. The van der Waals surface area contributed by atoms with Crippen molar-refractivity contribution in [2.24, 2.45) is 0 Å². The van der Waals surface area contributed by atoms with Gasteiger partial charge in [-0.05, 0) is 64.6 Å². The molecule has 1 aliphatic heterocycles. The van der Waals surface area contributed by atoms with Crippen molar-refractivity contribution in [2.75, 3.05) is 6.54 Å². The molecule has 34 heavy (non-hydrogen) atoms. The molecular weight excluding hydrogens is 418 g/mol. The average Bonchev–Trinajstić information content (AvgIpc) is 2.93. The summed E-state index contributed by atoms with van der Waals surface area (Å²) in [6, 6.07) is 25.9. The molecule has 172 valence electrons. The molecule has 0 unspecified atom stereocenters. The molecule has 0 saturated carbocycles. The topological polar surface area (TPSA) is 29.5 Å². The zero-order valence-corrected chi connectivity index (χ0v) is 20.2. The number of fused-ring (bicyclic) bond motifs is 7. The maximum Gasteiger partial charge on any atom is 0.308 e. The van der Waals surface area contributed by atoms with Crippen LogP contribution in [0.15, 0.2) is 85.5 Å². The van der Waals surface area contributed by atoms with Gasteiger partial charge in [-0.25, -0.2) is 0 Å². The molecule has 0 fully saturated rings. The van der Waals surface area contributed by atoms with E-state index in [0.717, 1.165) is 6.54 Å². The minimum atomic E-state index is -0.517. The van der Waals surface area contributed by atoms with Gasteiger partial charge in [0.25, 0.3) is 0 Å². The third-order valence-corrected chi connectivity index (χ3v) is 6.54. The molecule has 0 N–H and O–H groups in total. The Labute approximate surface area is 201 Å². The Balaban J connectivity index is 1.80. The monoisotopic (exact) mass is 449 g/mol. The van der Waals surface area contributed by atoms with E-state index in [1.54, 1.807) is 0 Å². The highest BCUT2D eigenvalue weighted by Gasteiger charge is 2.32. The second-order valence-electron chi connectivity index (χ2n) is 10.1. The van der Waals surface area contributed by atoms with Crippen LogP contribution >= 0.6 is 0 Å². The summed E-state index contributed by atoms with van der Waals surface area (Å²) in [5, 5.41) is 4.88. The minimum Gasteiger partial charge on any atom is -0.460 e. The van der Waals surface area contributed by atoms with E-state index in [4.69, 9.17) is 4.74 Å². The van der Waals surface area contributed by atoms with Crippen LogP contribution in [-0.2, 0) is 16.1 Å². The number of esters is 1. The van der Waals surface area contributed by atoms with Crippen LogP contribution in [0.2, 0.25) is 0 Å². The van der Waals surface area contributed by atoms with Crippen LogP contribution in [-0.4, -0.2) is 23.0 Å². The number of hydrogen-bond acceptors (Lipinski definition) is 3. The summed E-state index contributed by atoms with van der Waals surface area (Å²) in [6.45, 7) is 11.2. The summed E-state index contributed by atoms with van der Waals surface area (Å²) < 4.78 is 5.77. The normalized spacial score (nSPS) is 16.0. The zero-order chi connectivity index (χ0) is 23.9. The van der Waals surface area contributed by atoms with E-state index in [9.17, 15) is 4.79 Å². The highest BCUT2D eigenvalue weighted by molar-refractivity contribution is 6.08. The Bertz CT molecular complexity index is 1400. The summed E-state index contributed by atoms with van der Waals surface area (Å²) in [6.07, 6.45) is 2.22. The second-order valence-corrected chi connectivity index (χ2v) is 10.1. The van der Waals surface area contributed by atoms with Crippen LogP contribution in [0, 0.1) is 0 Å². The molecule has 4 aromatic rings. The first-order valence-corrected chi connectivity index (χ1v) is 11.9. The summed E-state index contributed by atoms with van der Waals surface area (Å²) in [5.74, 6) is -0.179. The van der Waals surface area contributed by atoms with Crippen LogP contribution < -0.4 is 0 Å². The van der Waals surface area contributed by atoms with Gasteiger partial charge in [0.1, 0.15) is 5.60 Å². The molecule has 3 nitrogen and oxygen atoms in total. The van der Waals surface area contributed by atoms with E-state index in [1.165, 1.54) is 43.8 Å². The predicted octanol–water partition coefficient (Wildman–Crippen LogP) is 7.43. The maximum absolute atomic E-state index is 13.1. The van der Waals surface area contributed by atoms with Gasteiger partial charge in [0.05, 0.1) is 6.42 Å². The maximum atomic E-state index is 13.1. The molecule has 1 atom stereocenters. The molecule has 3 heteroatoms. The van der Waals surface area contributed by atoms with Crippen LogP contribution in [0.5, 0.6) is 0 Å². The lowest BCUT2D eigenvalue weighted by atomic mass is 9.86. The molecule has 0 spiro atoms. The molecule has 0 radical (unpaired) electrons. The molecular formula is C31H31NO2. The minimum absolute atomic E-state index is 0.112. The summed E-state index contributed by atoms with van der Waals surface area (Å²) >= 11 is 0. The average molecular weight is 450 g/mol. The molecule has 4 aromatic carbocycles. The fourth-order valence-corrected chi connectivity index (χ4v) is 5.25. The Morgan fingerprint density at radius 3 is 2.21 bits per heavy atom. The second kappa shape index (κ2) is 8.73. The van der Waals surface area contributed by atoms with Crippen molar-refractivity contribution in [3.63, 3.8) is 0 Å². The van der Waals surface area contributed by atoms with Crippen molar-refractivity contribution in [1.29, 1.82) is 0 Å². The molecule has 1 aliphatic rings. The predicted molar refractivity (Wildman–Crippen MR) is 141 cm³/mol. The standard InChI is InChI=1S/C31H31NO2/c1-5-18-32-20-23-15-14-21-10-6-8-12-24(21)29(23)30-25-13-9-7-11-22(25)16-17-26(30)27(32)19-28(33)34-31(2,3)4/h5-17,27H,1,18-20H2,2-4H3/t27-/m0/s1. The van der Waals surface area contributed by atoms with Crippen molar-refractivity contribution in [1.82, 2.24) is 4.90 Å². The van der Waals surface area contributed by atoms with Crippen molar-refractivity contribution >= 4 is 27.5 Å². The smallest absolute Gasteiger partial charge is 0.308 e. The van der Waals surface area contributed by atoms with Gasteiger partial charge in [-0.3, -0.25) is 9.69 Å². The van der Waals surface area contributed by atoms with E-state index in [0.29, 0.717) is 13.0 Å². The Hall–Kier alpha value is -3.43. The van der Waals surface area contributed by atoms with E-state index < -0.39 is 5.60 Å². The highest BCUT2D eigenvalue weighted by Crippen LogP contribution is 2.46. The van der Waals surface area contributed by atoms with Gasteiger partial charge in [0, 0.05) is 19.1 Å². The van der Waals surface area contributed by atoms with Crippen LogP contribution in [0.25, 0.3) is 32.7 Å². The number of nitrogens with zero attached hydrogens (tertiary/aromatic N) is 1. The van der Waals surface area contributed by atoms with E-state index in [-0.39, 0.29) is 12.0 Å². The number of rotatable bonds is 4. The summed E-state index contributed by atoms with van der Waals surface area (Å²) in [4.78, 5) is 15.4. The van der Waals surface area contributed by atoms with Gasteiger partial charge in [-0.15, -0.1) is 6.58 Å². The van der Waals surface area contributed by atoms with Gasteiger partial charge < -0.3 is 4.74 Å². The lowest BCUT2D eigenvalue weighted by molar-refractivity contribution is -0.156. The molecule has 0 aromatic heterocycles. The van der Waals surface area contributed by atoms with Crippen molar-refractivity contribution in [3.8, 4) is 11.1 Å². The van der Waals surface area contributed by atoms with Gasteiger partial charge in [-0.1, -0.05) is 78.9 Å². The number of carbonyl (C=O) groups is 1. The van der Waals surface area contributed by atoms with Crippen LogP contribution in [0.4, 0.5) is 0 Å². The van der Waals surface area contributed by atoms with E-state index in [1.807, 2.05) is 26.8 Å². The zero-order valence-electron chi connectivity index (χ0n) is 20.2. The van der Waals surface area contributed by atoms with Crippen molar-refractivity contribution < 1.29 is 9.53 Å². The molecule has 0 amide bonds. The largest absolute Gasteiger partial charge is 0.460 e. The van der Waals surface area contributed by atoms with Gasteiger partial charge in [-0.2, -0.15) is 0 Å². The summed E-state index contributed by atoms with van der Waals surface area (Å²) in [7, 11) is 0. The number of benzene rings is 4. The van der Waals surface area contributed by atoms with Crippen LogP contribution in [0.1, 0.15) is 44.4 Å². The van der Waals surface area contributed by atoms with Crippen molar-refractivity contribution in [3.05, 3.63) is 96.6 Å². The number of hydrogen-bond donors (Lipinski definition) is 0. The van der Waals surface area contributed by atoms with Crippen LogP contribution in [0.3, 0.4) is 0 Å². The van der Waals surface area contributed by atoms with E-state index >= 15 is 0 Å². The van der Waals surface area contributed by atoms with Gasteiger partial charge >= 0.3 is 5.97 Å². The first-order chi connectivity index (χ1) is 16.4. The van der Waals surface area contributed by atoms with Crippen molar-refractivity contribution in [2.45, 2.75) is 45.4 Å². The summed E-state index contributed by atoms with van der Waals surface area (Å²) in [5.41, 5.74) is 4.42. The number of carbonyl (C=O) groups excluding carboxylic acids is 1. The molecule has 0 aliphatic carbocycles.